The molecular formula is C25H19ClN4O2. The van der Waals surface area contributed by atoms with Gasteiger partial charge in [-0.2, -0.15) is 15.8 Å². The van der Waals surface area contributed by atoms with Crippen molar-refractivity contribution in [2.75, 3.05) is 13.2 Å². The largest absolute Gasteiger partial charge is 0.489 e. The summed E-state index contributed by atoms with van der Waals surface area (Å²) in [5.41, 5.74) is 7.09. The molecule has 0 radical (unpaired) electrons. The minimum absolute atomic E-state index is 0.0214. The van der Waals surface area contributed by atoms with E-state index in [-0.39, 0.29) is 30.4 Å². The number of benzene rings is 2. The van der Waals surface area contributed by atoms with Gasteiger partial charge in [0.05, 0.1) is 36.6 Å². The van der Waals surface area contributed by atoms with Gasteiger partial charge in [-0.15, -0.1) is 0 Å². The number of para-hydroxylation sites is 1. The van der Waals surface area contributed by atoms with Gasteiger partial charge in [-0.25, -0.2) is 0 Å². The fraction of sp³-hybridized carbons (Fsp3) is 0.240. The van der Waals surface area contributed by atoms with E-state index in [1.807, 2.05) is 36.4 Å². The average molecular weight is 443 g/mol. The molecule has 2 aliphatic rings. The second-order valence-electron chi connectivity index (χ2n) is 7.67. The lowest BCUT2D eigenvalue weighted by atomic mass is 9.58. The Kier molecular flexibility index (Phi) is 5.89. The highest BCUT2D eigenvalue weighted by atomic mass is 35.5. The molecule has 158 valence electrons. The predicted octanol–water partition coefficient (Wildman–Crippen LogP) is 4.36. The van der Waals surface area contributed by atoms with Crippen LogP contribution in [0.3, 0.4) is 0 Å². The standard InChI is InChI=1S/C25H19ClN4O2/c26-17-7-5-16(6-8-17)12-32-22-4-2-1-3-19(22)23-21-13-31-10-9-18(21)20(11-27)24(30)25(23,14-28)15-29/h1-9,21,23H,10,12-13,30H2. The second-order valence-corrected chi connectivity index (χ2v) is 8.10. The summed E-state index contributed by atoms with van der Waals surface area (Å²) in [5.74, 6) is -0.506. The molecule has 32 heavy (non-hydrogen) atoms. The molecule has 4 rings (SSSR count). The number of nitrogens with zero attached hydrogens (tertiary/aromatic N) is 3. The summed E-state index contributed by atoms with van der Waals surface area (Å²) >= 11 is 5.96. The lowest BCUT2D eigenvalue weighted by molar-refractivity contribution is 0.0970. The Morgan fingerprint density at radius 1 is 1.09 bits per heavy atom. The maximum atomic E-state index is 10.2. The summed E-state index contributed by atoms with van der Waals surface area (Å²) in [6, 6.07) is 21.0. The zero-order valence-corrected chi connectivity index (χ0v) is 17.8. The van der Waals surface area contributed by atoms with Gasteiger partial charge in [0.2, 0.25) is 0 Å². The Hall–Kier alpha value is -3.76. The molecule has 2 atom stereocenters. The fourth-order valence-electron chi connectivity index (χ4n) is 4.44. The second kappa shape index (κ2) is 8.77. The third-order valence-electron chi connectivity index (χ3n) is 6.00. The van der Waals surface area contributed by atoms with Crippen LogP contribution < -0.4 is 10.5 Å². The molecular weight excluding hydrogens is 424 g/mol. The molecule has 0 amide bonds. The zero-order chi connectivity index (χ0) is 22.7. The van der Waals surface area contributed by atoms with Crippen LogP contribution in [0.4, 0.5) is 0 Å². The Bertz CT molecular complexity index is 1210. The summed E-state index contributed by atoms with van der Waals surface area (Å²) in [7, 11) is 0. The van der Waals surface area contributed by atoms with E-state index in [1.165, 1.54) is 0 Å². The van der Waals surface area contributed by atoms with Gasteiger partial charge in [0.25, 0.3) is 0 Å². The van der Waals surface area contributed by atoms with Gasteiger partial charge in [-0.1, -0.05) is 48.0 Å². The van der Waals surface area contributed by atoms with Crippen molar-refractivity contribution in [3.63, 3.8) is 0 Å². The molecule has 1 aliphatic heterocycles. The van der Waals surface area contributed by atoms with Crippen LogP contribution in [0.25, 0.3) is 0 Å². The van der Waals surface area contributed by atoms with Crippen LogP contribution in [0.1, 0.15) is 17.0 Å². The van der Waals surface area contributed by atoms with Crippen molar-refractivity contribution in [1.29, 1.82) is 15.8 Å². The summed E-state index contributed by atoms with van der Waals surface area (Å²) in [5, 5.41) is 30.7. The highest BCUT2D eigenvalue weighted by Crippen LogP contribution is 2.55. The molecule has 2 aromatic carbocycles. The van der Waals surface area contributed by atoms with Crippen LogP contribution in [-0.4, -0.2) is 13.2 Å². The first-order chi connectivity index (χ1) is 15.6. The molecule has 0 bridgehead atoms. The number of hydrogen-bond donors (Lipinski definition) is 1. The molecule has 0 fully saturated rings. The SMILES string of the molecule is N#CC1=C(N)C(C#N)(C#N)C(c2ccccc2OCc2ccc(Cl)cc2)C2COCC=C12. The van der Waals surface area contributed by atoms with E-state index in [0.29, 0.717) is 22.9 Å². The van der Waals surface area contributed by atoms with Gasteiger partial charge in [0, 0.05) is 22.4 Å². The number of halogens is 1. The van der Waals surface area contributed by atoms with Gasteiger partial charge in [-0.3, -0.25) is 0 Å². The van der Waals surface area contributed by atoms with Crippen molar-refractivity contribution >= 4 is 11.6 Å². The highest BCUT2D eigenvalue weighted by molar-refractivity contribution is 6.30. The van der Waals surface area contributed by atoms with E-state index in [1.54, 1.807) is 18.2 Å². The summed E-state index contributed by atoms with van der Waals surface area (Å²) in [6.07, 6.45) is 1.81. The molecule has 0 aromatic heterocycles. The molecule has 7 heteroatoms. The van der Waals surface area contributed by atoms with Crippen molar-refractivity contribution in [3.8, 4) is 24.0 Å². The highest BCUT2D eigenvalue weighted by Gasteiger charge is 2.54. The van der Waals surface area contributed by atoms with Gasteiger partial charge < -0.3 is 15.2 Å². The lowest BCUT2D eigenvalue weighted by Crippen LogP contribution is -2.44. The van der Waals surface area contributed by atoms with E-state index in [0.717, 1.165) is 11.1 Å². The topological polar surface area (TPSA) is 116 Å². The maximum Gasteiger partial charge on any atom is 0.191 e. The Morgan fingerprint density at radius 2 is 1.81 bits per heavy atom. The van der Waals surface area contributed by atoms with E-state index in [4.69, 9.17) is 26.8 Å². The van der Waals surface area contributed by atoms with Gasteiger partial charge in [0.15, 0.2) is 5.41 Å². The molecule has 0 saturated carbocycles. The van der Waals surface area contributed by atoms with Crippen molar-refractivity contribution in [3.05, 3.63) is 87.6 Å². The first-order valence-corrected chi connectivity index (χ1v) is 10.4. The van der Waals surface area contributed by atoms with Crippen molar-refractivity contribution < 1.29 is 9.47 Å². The quantitative estimate of drug-likeness (QED) is 0.751. The lowest BCUT2D eigenvalue weighted by Gasteiger charge is -2.43. The van der Waals surface area contributed by atoms with Gasteiger partial charge in [-0.05, 0) is 29.3 Å². The van der Waals surface area contributed by atoms with Crippen LogP contribution in [0.2, 0.25) is 5.02 Å². The maximum absolute atomic E-state index is 10.2. The monoisotopic (exact) mass is 442 g/mol. The van der Waals surface area contributed by atoms with Crippen LogP contribution in [0.5, 0.6) is 5.75 Å². The summed E-state index contributed by atoms with van der Waals surface area (Å²) in [6.45, 7) is 0.898. The smallest absolute Gasteiger partial charge is 0.191 e. The van der Waals surface area contributed by atoms with Gasteiger partial charge in [0.1, 0.15) is 18.4 Å². The van der Waals surface area contributed by atoms with Crippen molar-refractivity contribution in [1.82, 2.24) is 0 Å². The van der Waals surface area contributed by atoms with Crippen LogP contribution in [0.15, 0.2) is 71.5 Å². The van der Waals surface area contributed by atoms with Crippen molar-refractivity contribution in [2.24, 2.45) is 17.1 Å². The van der Waals surface area contributed by atoms with E-state index in [9.17, 15) is 15.8 Å². The number of fused-ring (bicyclic) bond motifs is 1. The number of allylic oxidation sites excluding steroid dienone is 2. The molecule has 2 N–H and O–H groups in total. The van der Waals surface area contributed by atoms with E-state index in [2.05, 4.69) is 18.2 Å². The Labute approximate surface area is 191 Å². The number of hydrogen-bond acceptors (Lipinski definition) is 6. The first kappa shape index (κ1) is 21.5. The van der Waals surface area contributed by atoms with Crippen LogP contribution in [-0.2, 0) is 11.3 Å². The minimum atomic E-state index is -1.73. The van der Waals surface area contributed by atoms with Crippen molar-refractivity contribution in [2.45, 2.75) is 12.5 Å². The number of ether oxygens (including phenoxy) is 2. The molecule has 0 spiro atoms. The normalized spacial score (nSPS) is 21.4. The Morgan fingerprint density at radius 3 is 2.50 bits per heavy atom. The van der Waals surface area contributed by atoms with Crippen LogP contribution >= 0.6 is 11.6 Å². The molecule has 2 aromatic rings. The Balaban J connectivity index is 1.82. The molecule has 1 heterocycles. The molecule has 6 nitrogen and oxygen atoms in total. The third-order valence-corrected chi connectivity index (χ3v) is 6.25. The zero-order valence-electron chi connectivity index (χ0n) is 17.1. The van der Waals surface area contributed by atoms with E-state index >= 15 is 0 Å². The molecule has 0 saturated heterocycles. The van der Waals surface area contributed by atoms with Gasteiger partial charge >= 0.3 is 0 Å². The fourth-order valence-corrected chi connectivity index (χ4v) is 4.57. The van der Waals surface area contributed by atoms with E-state index < -0.39 is 11.3 Å². The van der Waals surface area contributed by atoms with Crippen LogP contribution in [0, 0.1) is 45.3 Å². The summed E-state index contributed by atoms with van der Waals surface area (Å²) in [4.78, 5) is 0. The predicted molar refractivity (Wildman–Crippen MR) is 118 cm³/mol. The minimum Gasteiger partial charge on any atom is -0.489 e. The molecule has 1 aliphatic carbocycles. The third kappa shape index (κ3) is 3.49. The summed E-state index contributed by atoms with van der Waals surface area (Å²) < 4.78 is 11.8. The molecule has 2 unspecified atom stereocenters. The number of rotatable bonds is 4. The number of nitrogens with two attached hydrogens (primary N) is 1. The number of nitriles is 3. The first-order valence-electron chi connectivity index (χ1n) is 10.0. The average Bonchev–Trinajstić information content (AvgIpc) is 2.83.